The van der Waals surface area contributed by atoms with E-state index >= 15 is 0 Å². The van der Waals surface area contributed by atoms with Gasteiger partial charge in [-0.05, 0) is 68.1 Å². The molecule has 0 aromatic heterocycles. The van der Waals surface area contributed by atoms with Crippen LogP contribution in [0.15, 0.2) is 89.4 Å². The highest BCUT2D eigenvalue weighted by molar-refractivity contribution is 9.10. The number of rotatable bonds is 8. The van der Waals surface area contributed by atoms with Crippen molar-refractivity contribution in [2.75, 3.05) is 19.6 Å². The molecule has 1 fully saturated rings. The molecule has 2 nitrogen and oxygen atoms in total. The molecule has 3 aromatic rings. The minimum Gasteiger partial charge on any atom is -0.303 e. The Labute approximate surface area is 194 Å². The predicted molar refractivity (Wildman–Crippen MR) is 132 cm³/mol. The smallest absolute Gasteiger partial charge is 0.162 e. The van der Waals surface area contributed by atoms with Gasteiger partial charge in [0, 0.05) is 22.4 Å². The summed E-state index contributed by atoms with van der Waals surface area (Å²) in [5, 5.41) is 0. The molecule has 0 atom stereocenters. The van der Waals surface area contributed by atoms with Gasteiger partial charge < -0.3 is 4.90 Å². The summed E-state index contributed by atoms with van der Waals surface area (Å²) in [5.41, 5.74) is 3.66. The minimum absolute atomic E-state index is 0.246. The van der Waals surface area contributed by atoms with Crippen molar-refractivity contribution in [2.45, 2.75) is 31.6 Å². The zero-order chi connectivity index (χ0) is 21.5. The first kappa shape index (κ1) is 22.0. The van der Waals surface area contributed by atoms with Crippen molar-refractivity contribution in [2.24, 2.45) is 5.92 Å². The molecule has 0 amide bonds. The lowest BCUT2D eigenvalue weighted by Gasteiger charge is -2.36. The molecular formula is C28H30BrNO. The molecule has 1 aliphatic rings. The number of benzene rings is 3. The third kappa shape index (κ3) is 5.93. The van der Waals surface area contributed by atoms with Crippen LogP contribution in [0.5, 0.6) is 0 Å². The number of likely N-dealkylation sites (tertiary alicyclic amines) is 1. The van der Waals surface area contributed by atoms with E-state index in [1.165, 1.54) is 24.0 Å². The fourth-order valence-electron chi connectivity index (χ4n) is 4.81. The van der Waals surface area contributed by atoms with Crippen molar-refractivity contribution >= 4 is 21.7 Å². The normalized spacial score (nSPS) is 15.3. The van der Waals surface area contributed by atoms with Crippen LogP contribution < -0.4 is 0 Å². The van der Waals surface area contributed by atoms with Crippen molar-refractivity contribution in [3.8, 4) is 0 Å². The van der Waals surface area contributed by atoms with E-state index in [9.17, 15) is 4.79 Å². The van der Waals surface area contributed by atoms with Crippen LogP contribution in [-0.4, -0.2) is 30.3 Å². The average molecular weight is 476 g/mol. The second-order valence-corrected chi connectivity index (χ2v) is 9.43. The zero-order valence-corrected chi connectivity index (χ0v) is 19.5. The molecule has 0 aliphatic carbocycles. The van der Waals surface area contributed by atoms with E-state index in [0.29, 0.717) is 18.3 Å². The van der Waals surface area contributed by atoms with Crippen LogP contribution in [0, 0.1) is 5.92 Å². The Kier molecular flexibility index (Phi) is 7.71. The van der Waals surface area contributed by atoms with Gasteiger partial charge in [-0.15, -0.1) is 0 Å². The van der Waals surface area contributed by atoms with E-state index in [-0.39, 0.29) is 5.78 Å². The fraction of sp³-hybridized carbons (Fsp3) is 0.321. The number of carbonyl (C=O) groups excluding carboxylic acids is 1. The lowest BCUT2D eigenvalue weighted by molar-refractivity contribution is 0.0969. The highest BCUT2D eigenvalue weighted by Gasteiger charge is 2.28. The van der Waals surface area contributed by atoms with Gasteiger partial charge in [-0.3, -0.25) is 4.79 Å². The van der Waals surface area contributed by atoms with Crippen LogP contribution in [0.1, 0.15) is 53.1 Å². The molecule has 160 valence electrons. The van der Waals surface area contributed by atoms with Crippen LogP contribution in [-0.2, 0) is 0 Å². The minimum atomic E-state index is 0.246. The molecule has 1 heterocycles. The van der Waals surface area contributed by atoms with Crippen molar-refractivity contribution in [1.82, 2.24) is 4.90 Å². The maximum Gasteiger partial charge on any atom is 0.162 e. The molecule has 4 rings (SSSR count). The quantitative estimate of drug-likeness (QED) is 0.328. The van der Waals surface area contributed by atoms with Crippen molar-refractivity contribution in [1.29, 1.82) is 0 Å². The summed E-state index contributed by atoms with van der Waals surface area (Å²) in [6.07, 6.45) is 3.96. The second kappa shape index (κ2) is 10.9. The van der Waals surface area contributed by atoms with Gasteiger partial charge in [0.15, 0.2) is 5.78 Å². The fourth-order valence-corrected chi connectivity index (χ4v) is 5.08. The van der Waals surface area contributed by atoms with E-state index in [1.54, 1.807) is 0 Å². The number of hydrogen-bond donors (Lipinski definition) is 0. The molecule has 0 saturated carbocycles. The maximum atomic E-state index is 12.4. The zero-order valence-electron chi connectivity index (χ0n) is 17.9. The Bertz CT molecular complexity index is 908. The molecule has 3 aromatic carbocycles. The summed E-state index contributed by atoms with van der Waals surface area (Å²) < 4.78 is 1.01. The van der Waals surface area contributed by atoms with Gasteiger partial charge in [0.05, 0.1) is 0 Å². The highest BCUT2D eigenvalue weighted by Crippen LogP contribution is 2.37. The van der Waals surface area contributed by atoms with Crippen molar-refractivity contribution < 1.29 is 4.79 Å². The maximum absolute atomic E-state index is 12.4. The van der Waals surface area contributed by atoms with Gasteiger partial charge in [0.1, 0.15) is 0 Å². The molecule has 3 heteroatoms. The van der Waals surface area contributed by atoms with Crippen molar-refractivity contribution in [3.63, 3.8) is 0 Å². The molecule has 0 radical (unpaired) electrons. The van der Waals surface area contributed by atoms with E-state index in [1.807, 2.05) is 24.3 Å². The molecule has 31 heavy (non-hydrogen) atoms. The topological polar surface area (TPSA) is 20.3 Å². The Hall–Kier alpha value is -2.23. The number of hydrogen-bond acceptors (Lipinski definition) is 2. The van der Waals surface area contributed by atoms with Gasteiger partial charge in [-0.1, -0.05) is 88.7 Å². The predicted octanol–water partition coefficient (Wildman–Crippen LogP) is 6.96. The Morgan fingerprint density at radius 2 is 1.39 bits per heavy atom. The van der Waals surface area contributed by atoms with Crippen LogP contribution in [0.2, 0.25) is 0 Å². The molecule has 0 bridgehead atoms. The summed E-state index contributed by atoms with van der Waals surface area (Å²) >= 11 is 3.43. The summed E-state index contributed by atoms with van der Waals surface area (Å²) in [6.45, 7) is 3.25. The Morgan fingerprint density at radius 3 is 1.94 bits per heavy atom. The molecule has 0 spiro atoms. The summed E-state index contributed by atoms with van der Waals surface area (Å²) in [6, 6.07) is 29.6. The lowest BCUT2D eigenvalue weighted by atomic mass is 9.76. The van der Waals surface area contributed by atoms with Gasteiger partial charge in [0.2, 0.25) is 0 Å². The number of nitrogens with zero attached hydrogens (tertiary/aromatic N) is 1. The average Bonchev–Trinajstić information content (AvgIpc) is 2.82. The molecule has 1 saturated heterocycles. The second-order valence-electron chi connectivity index (χ2n) is 8.51. The highest BCUT2D eigenvalue weighted by atomic mass is 79.9. The van der Waals surface area contributed by atoms with E-state index in [4.69, 9.17) is 0 Å². The molecule has 0 unspecified atom stereocenters. The van der Waals surface area contributed by atoms with Gasteiger partial charge in [0.25, 0.3) is 0 Å². The summed E-state index contributed by atoms with van der Waals surface area (Å²) in [4.78, 5) is 15.0. The largest absolute Gasteiger partial charge is 0.303 e. The van der Waals surface area contributed by atoms with Crippen LogP contribution in [0.25, 0.3) is 0 Å². The number of carbonyl (C=O) groups is 1. The number of Topliss-reactive ketones (excluding diaryl/α,β-unsaturated/α-hetero) is 1. The molecular weight excluding hydrogens is 446 g/mol. The monoisotopic (exact) mass is 475 g/mol. The van der Waals surface area contributed by atoms with Gasteiger partial charge in [-0.2, -0.15) is 0 Å². The summed E-state index contributed by atoms with van der Waals surface area (Å²) in [7, 11) is 0. The van der Waals surface area contributed by atoms with Crippen LogP contribution in [0.3, 0.4) is 0 Å². The van der Waals surface area contributed by atoms with Crippen molar-refractivity contribution in [3.05, 3.63) is 106 Å². The van der Waals surface area contributed by atoms with Crippen LogP contribution >= 0.6 is 15.9 Å². The summed E-state index contributed by atoms with van der Waals surface area (Å²) in [5.74, 6) is 1.37. The molecule has 0 N–H and O–H groups in total. The first-order valence-corrected chi connectivity index (χ1v) is 12.1. The first-order valence-electron chi connectivity index (χ1n) is 11.3. The Morgan fingerprint density at radius 1 is 0.839 bits per heavy atom. The number of halogens is 1. The van der Waals surface area contributed by atoms with Gasteiger partial charge >= 0.3 is 0 Å². The SMILES string of the molecule is O=C(CCCN1CCC(C(c2ccccc2)c2ccccc2)CC1)c1ccc(Br)cc1. The first-order chi connectivity index (χ1) is 15.2. The molecule has 1 aliphatic heterocycles. The van der Waals surface area contributed by atoms with Crippen LogP contribution in [0.4, 0.5) is 0 Å². The lowest BCUT2D eigenvalue weighted by Crippen LogP contribution is -2.36. The van der Waals surface area contributed by atoms with E-state index in [2.05, 4.69) is 81.5 Å². The third-order valence-corrected chi connectivity index (χ3v) is 6.99. The number of ketones is 1. The standard InChI is InChI=1S/C28H30BrNO/c29-26-15-13-22(14-16-26)27(31)12-7-19-30-20-17-25(18-21-30)28(23-8-3-1-4-9-23)24-10-5-2-6-11-24/h1-6,8-11,13-16,25,28H,7,12,17-21H2. The van der Waals surface area contributed by atoms with Gasteiger partial charge in [-0.25, -0.2) is 0 Å². The number of piperidine rings is 1. The van der Waals surface area contributed by atoms with E-state index in [0.717, 1.165) is 36.1 Å². The Balaban J connectivity index is 1.31. The third-order valence-electron chi connectivity index (χ3n) is 6.47. The van der Waals surface area contributed by atoms with E-state index < -0.39 is 0 Å².